The number of nitrogens with one attached hydrogen (secondary N) is 1. The maximum absolute atomic E-state index is 11.7. The Morgan fingerprint density at radius 3 is 2.88 bits per heavy atom. The van der Waals surface area contributed by atoms with Gasteiger partial charge in [-0.05, 0) is 6.42 Å². The van der Waals surface area contributed by atoms with Crippen LogP contribution in [0.4, 0.5) is 4.79 Å². The molecule has 0 aromatic rings. The zero-order valence-electron chi connectivity index (χ0n) is 9.32. The zero-order chi connectivity index (χ0) is 12.4. The van der Waals surface area contributed by atoms with Crippen molar-refractivity contribution in [2.45, 2.75) is 18.9 Å². The first-order valence-electron chi connectivity index (χ1n) is 5.56. The molecule has 2 aliphatic heterocycles. The van der Waals surface area contributed by atoms with Crippen LogP contribution in [0.5, 0.6) is 0 Å². The summed E-state index contributed by atoms with van der Waals surface area (Å²) in [7, 11) is 0. The van der Waals surface area contributed by atoms with Crippen molar-refractivity contribution in [3.63, 3.8) is 0 Å². The molecule has 0 aromatic heterocycles. The highest BCUT2D eigenvalue weighted by molar-refractivity contribution is 6.28. The number of piperazine rings is 1. The quantitative estimate of drug-likeness (QED) is 0.661. The lowest BCUT2D eigenvalue weighted by Gasteiger charge is -2.37. The van der Waals surface area contributed by atoms with E-state index in [1.165, 1.54) is 0 Å². The molecule has 2 rings (SSSR count). The molecule has 0 aromatic carbocycles. The third-order valence-corrected chi connectivity index (χ3v) is 3.39. The van der Waals surface area contributed by atoms with Gasteiger partial charge in [0.25, 0.3) is 0 Å². The molecule has 0 radical (unpaired) electrons. The van der Waals surface area contributed by atoms with Gasteiger partial charge in [-0.25, -0.2) is 4.79 Å². The lowest BCUT2D eigenvalue weighted by molar-refractivity contribution is -0.130. The first-order valence-corrected chi connectivity index (χ1v) is 6.09. The molecule has 0 bridgehead atoms. The average Bonchev–Trinajstić information content (AvgIpc) is 2.70. The van der Waals surface area contributed by atoms with Gasteiger partial charge in [0.05, 0.1) is 0 Å². The number of rotatable bonds is 1. The van der Waals surface area contributed by atoms with Crippen molar-refractivity contribution in [3.05, 3.63) is 0 Å². The van der Waals surface area contributed by atoms with Crippen LogP contribution >= 0.6 is 11.6 Å². The average molecular weight is 260 g/mol. The molecule has 0 spiro atoms. The maximum Gasteiger partial charge on any atom is 0.324 e. The van der Waals surface area contributed by atoms with Crippen LogP contribution in [0, 0.1) is 0 Å². The molecule has 1 unspecified atom stereocenters. The van der Waals surface area contributed by atoms with E-state index in [2.05, 4.69) is 5.32 Å². The lowest BCUT2D eigenvalue weighted by Crippen LogP contribution is -2.56. The molecule has 1 N–H and O–H groups in total. The number of hydrogen-bond acceptors (Lipinski definition) is 3. The molecule has 2 saturated heterocycles. The summed E-state index contributed by atoms with van der Waals surface area (Å²) in [4.78, 5) is 37.5. The van der Waals surface area contributed by atoms with E-state index in [1.807, 2.05) is 4.90 Å². The van der Waals surface area contributed by atoms with Gasteiger partial charge < -0.3 is 9.80 Å². The third-order valence-electron chi connectivity index (χ3n) is 3.15. The van der Waals surface area contributed by atoms with Crippen LogP contribution in [0.25, 0.3) is 0 Å². The third kappa shape index (κ3) is 2.52. The van der Waals surface area contributed by atoms with Gasteiger partial charge in [0.2, 0.25) is 11.8 Å². The number of alkyl halides is 1. The van der Waals surface area contributed by atoms with E-state index in [0.717, 1.165) is 6.42 Å². The van der Waals surface area contributed by atoms with Crippen LogP contribution in [0.2, 0.25) is 0 Å². The Hall–Kier alpha value is -1.30. The lowest BCUT2D eigenvalue weighted by atomic mass is 10.2. The minimum Gasteiger partial charge on any atom is -0.336 e. The van der Waals surface area contributed by atoms with Crippen LogP contribution in [-0.4, -0.2) is 59.2 Å². The van der Waals surface area contributed by atoms with E-state index >= 15 is 0 Å². The van der Waals surface area contributed by atoms with Gasteiger partial charge in [-0.1, -0.05) is 0 Å². The maximum atomic E-state index is 11.7. The predicted octanol–water partition coefficient (Wildman–Crippen LogP) is -0.232. The Bertz CT molecular complexity index is 361. The van der Waals surface area contributed by atoms with Crippen molar-refractivity contribution in [1.29, 1.82) is 0 Å². The normalized spacial score (nSPS) is 23.6. The summed E-state index contributed by atoms with van der Waals surface area (Å²) in [5.41, 5.74) is 0. The summed E-state index contributed by atoms with van der Waals surface area (Å²) in [5.74, 6) is -0.568. The first kappa shape index (κ1) is 12.2. The molecule has 6 nitrogen and oxygen atoms in total. The van der Waals surface area contributed by atoms with Crippen LogP contribution in [0.15, 0.2) is 0 Å². The largest absolute Gasteiger partial charge is 0.336 e. The second kappa shape index (κ2) is 4.91. The van der Waals surface area contributed by atoms with E-state index in [-0.39, 0.29) is 17.8 Å². The SMILES string of the molecule is O=C(CCl)NC(=O)N1CCN2C(=O)CCC2C1. The molecular formula is C10H14ClN3O3. The molecule has 2 heterocycles. The Balaban J connectivity index is 1.90. The standard InChI is InChI=1S/C10H14ClN3O3/c11-5-8(15)12-10(17)13-3-4-14-7(6-13)1-2-9(14)16/h7H,1-6H2,(H,12,15,17). The number of nitrogens with zero attached hydrogens (tertiary/aromatic N) is 2. The number of carbonyl (C=O) groups is 3. The van der Waals surface area contributed by atoms with Crippen molar-refractivity contribution in [2.75, 3.05) is 25.5 Å². The summed E-state index contributed by atoms with van der Waals surface area (Å²) in [5, 5.41) is 2.20. The Kier molecular flexibility index (Phi) is 3.51. The van der Waals surface area contributed by atoms with Crippen molar-refractivity contribution in [3.8, 4) is 0 Å². The molecule has 4 amide bonds. The second-order valence-electron chi connectivity index (χ2n) is 4.21. The van der Waals surface area contributed by atoms with Crippen molar-refractivity contribution >= 4 is 29.4 Å². The first-order chi connectivity index (χ1) is 8.11. The molecule has 94 valence electrons. The number of urea groups is 1. The number of fused-ring (bicyclic) bond motifs is 1. The van der Waals surface area contributed by atoms with Crippen LogP contribution < -0.4 is 5.32 Å². The van der Waals surface area contributed by atoms with Gasteiger partial charge in [-0.15, -0.1) is 11.6 Å². The summed E-state index contributed by atoms with van der Waals surface area (Å²) >= 11 is 5.31. The Labute approximate surface area is 104 Å². The molecule has 7 heteroatoms. The van der Waals surface area contributed by atoms with Crippen LogP contribution in [0.1, 0.15) is 12.8 Å². The number of carbonyl (C=O) groups excluding carboxylic acids is 3. The van der Waals surface area contributed by atoms with E-state index < -0.39 is 11.9 Å². The predicted molar refractivity (Wildman–Crippen MR) is 60.6 cm³/mol. The van der Waals surface area contributed by atoms with Gasteiger partial charge in [-0.3, -0.25) is 14.9 Å². The summed E-state index contributed by atoms with van der Waals surface area (Å²) < 4.78 is 0. The fourth-order valence-electron chi connectivity index (χ4n) is 2.28. The Morgan fingerprint density at radius 2 is 2.18 bits per heavy atom. The van der Waals surface area contributed by atoms with E-state index in [4.69, 9.17) is 11.6 Å². The van der Waals surface area contributed by atoms with E-state index in [0.29, 0.717) is 26.1 Å². The highest BCUT2D eigenvalue weighted by Gasteiger charge is 2.36. The summed E-state index contributed by atoms with van der Waals surface area (Å²) in [6, 6.07) is -0.317. The minimum absolute atomic E-state index is 0.105. The topological polar surface area (TPSA) is 69.7 Å². The Morgan fingerprint density at radius 1 is 1.41 bits per heavy atom. The number of halogens is 1. The van der Waals surface area contributed by atoms with Gasteiger partial charge in [0, 0.05) is 32.1 Å². The van der Waals surface area contributed by atoms with Crippen molar-refractivity contribution in [1.82, 2.24) is 15.1 Å². The smallest absolute Gasteiger partial charge is 0.324 e. The van der Waals surface area contributed by atoms with Gasteiger partial charge >= 0.3 is 6.03 Å². The molecule has 0 saturated carbocycles. The number of amides is 4. The number of hydrogen-bond donors (Lipinski definition) is 1. The van der Waals surface area contributed by atoms with Crippen molar-refractivity contribution < 1.29 is 14.4 Å². The highest BCUT2D eigenvalue weighted by atomic mass is 35.5. The van der Waals surface area contributed by atoms with Crippen LogP contribution in [0.3, 0.4) is 0 Å². The highest BCUT2D eigenvalue weighted by Crippen LogP contribution is 2.22. The molecule has 2 fully saturated rings. The molecule has 17 heavy (non-hydrogen) atoms. The fourth-order valence-corrected chi connectivity index (χ4v) is 2.35. The van der Waals surface area contributed by atoms with E-state index in [1.54, 1.807) is 4.90 Å². The zero-order valence-corrected chi connectivity index (χ0v) is 10.1. The minimum atomic E-state index is -0.499. The van der Waals surface area contributed by atoms with Crippen LogP contribution in [-0.2, 0) is 9.59 Å². The second-order valence-corrected chi connectivity index (χ2v) is 4.48. The summed E-state index contributed by atoms with van der Waals surface area (Å²) in [6.45, 7) is 1.50. The van der Waals surface area contributed by atoms with Crippen molar-refractivity contribution in [2.24, 2.45) is 0 Å². The molecule has 2 aliphatic rings. The molecule has 1 atom stereocenters. The monoisotopic (exact) mass is 259 g/mol. The fraction of sp³-hybridized carbons (Fsp3) is 0.700. The van der Waals surface area contributed by atoms with Gasteiger partial charge in [-0.2, -0.15) is 0 Å². The molecular weight excluding hydrogens is 246 g/mol. The molecule has 0 aliphatic carbocycles. The number of imide groups is 1. The summed E-state index contributed by atoms with van der Waals surface area (Å²) in [6.07, 6.45) is 1.34. The van der Waals surface area contributed by atoms with E-state index in [9.17, 15) is 14.4 Å². The van der Waals surface area contributed by atoms with Gasteiger partial charge in [0.1, 0.15) is 5.88 Å². The van der Waals surface area contributed by atoms with Gasteiger partial charge in [0.15, 0.2) is 0 Å².